The normalized spacial score (nSPS) is 16.5. The third-order valence-corrected chi connectivity index (χ3v) is 0.744. The van der Waals surface area contributed by atoms with Crippen molar-refractivity contribution in [3.63, 3.8) is 0 Å². The predicted octanol–water partition coefficient (Wildman–Crippen LogP) is 0.707. The smallest absolute Gasteiger partial charge is 0.00251 e. The molecule has 0 aromatic heterocycles. The van der Waals surface area contributed by atoms with Crippen molar-refractivity contribution < 1.29 is 0 Å². The molecule has 2 heteroatoms. The summed E-state index contributed by atoms with van der Waals surface area (Å²) in [5, 5.41) is 0. The van der Waals surface area contributed by atoms with E-state index in [2.05, 4.69) is 0 Å². The number of nitrogens with two attached hydrogens (primary N) is 2. The Hall–Kier alpha value is -0.0800. The summed E-state index contributed by atoms with van der Waals surface area (Å²) in [4.78, 5) is 0. The Morgan fingerprint density at radius 3 is 1.38 bits per heavy atom. The first-order valence-corrected chi connectivity index (χ1v) is 2.64. The van der Waals surface area contributed by atoms with Gasteiger partial charge in [-0.2, -0.15) is 0 Å². The maximum atomic E-state index is 5.41. The average Bonchev–Trinajstić information content (AvgIpc) is 1.27. The van der Waals surface area contributed by atoms with E-state index in [9.17, 15) is 0 Å². The fraction of sp³-hybridized carbons (Fsp3) is 1.00. The third-order valence-electron chi connectivity index (χ3n) is 0.744. The molecule has 0 saturated carbocycles. The monoisotopic (exact) mass is 118 g/mol. The maximum Gasteiger partial charge on any atom is 0.00251 e. The molecule has 0 heterocycles. The van der Waals surface area contributed by atoms with Gasteiger partial charge in [0, 0.05) is 12.1 Å². The lowest BCUT2D eigenvalue weighted by Gasteiger charge is -2.06. The minimum absolute atomic E-state index is 0. The van der Waals surface area contributed by atoms with Crippen LogP contribution in [0.2, 0.25) is 0 Å². The van der Waals surface area contributed by atoms with Gasteiger partial charge in [0.05, 0.1) is 0 Å². The molecule has 52 valence electrons. The molecule has 0 fully saturated rings. The Morgan fingerprint density at radius 2 is 1.38 bits per heavy atom. The van der Waals surface area contributed by atoms with Crippen LogP contribution < -0.4 is 11.5 Å². The molecule has 0 aromatic carbocycles. The highest BCUT2D eigenvalue weighted by molar-refractivity contribution is 4.60. The van der Waals surface area contributed by atoms with Crippen LogP contribution in [0.15, 0.2) is 0 Å². The standard InChI is InChI=1S/C5H14N2.CH4/c1-4(6)3-5(2)7;/h4-5H,3,6-7H2,1-2H3;1H4. The molecule has 2 nitrogen and oxygen atoms in total. The van der Waals surface area contributed by atoms with E-state index < -0.39 is 0 Å². The topological polar surface area (TPSA) is 52.0 Å². The van der Waals surface area contributed by atoms with Crippen LogP contribution in [0.25, 0.3) is 0 Å². The van der Waals surface area contributed by atoms with Gasteiger partial charge >= 0.3 is 0 Å². The van der Waals surface area contributed by atoms with E-state index in [1.54, 1.807) is 0 Å². The summed E-state index contributed by atoms with van der Waals surface area (Å²) in [6, 6.07) is 0.500. The van der Waals surface area contributed by atoms with E-state index in [1.807, 2.05) is 13.8 Å². The minimum atomic E-state index is 0. The van der Waals surface area contributed by atoms with Crippen LogP contribution in [0.4, 0.5) is 0 Å². The number of rotatable bonds is 2. The lowest BCUT2D eigenvalue weighted by molar-refractivity contribution is 0.580. The summed E-state index contributed by atoms with van der Waals surface area (Å²) in [7, 11) is 0. The third kappa shape index (κ3) is 9.33. The molecule has 2 unspecified atom stereocenters. The Morgan fingerprint density at radius 1 is 1.12 bits per heavy atom. The van der Waals surface area contributed by atoms with Gasteiger partial charge in [0.2, 0.25) is 0 Å². The van der Waals surface area contributed by atoms with E-state index in [0.29, 0.717) is 0 Å². The van der Waals surface area contributed by atoms with Crippen molar-refractivity contribution in [2.75, 3.05) is 0 Å². The largest absolute Gasteiger partial charge is 0.328 e. The van der Waals surface area contributed by atoms with Gasteiger partial charge in [-0.15, -0.1) is 0 Å². The molecule has 0 saturated heterocycles. The van der Waals surface area contributed by atoms with Crippen molar-refractivity contribution in [3.8, 4) is 0 Å². The van der Waals surface area contributed by atoms with Gasteiger partial charge in [0.15, 0.2) is 0 Å². The van der Waals surface area contributed by atoms with Crippen molar-refractivity contribution in [1.82, 2.24) is 0 Å². The Bertz CT molecular complexity index is 35.8. The summed E-state index contributed by atoms with van der Waals surface area (Å²) in [6.45, 7) is 3.92. The highest BCUT2D eigenvalue weighted by atomic mass is 14.7. The van der Waals surface area contributed by atoms with Crippen molar-refractivity contribution in [2.45, 2.75) is 39.8 Å². The molecule has 0 radical (unpaired) electrons. The summed E-state index contributed by atoms with van der Waals surface area (Å²) >= 11 is 0. The van der Waals surface area contributed by atoms with Crippen molar-refractivity contribution in [1.29, 1.82) is 0 Å². The highest BCUT2D eigenvalue weighted by Gasteiger charge is 1.96. The summed E-state index contributed by atoms with van der Waals surface area (Å²) in [5.74, 6) is 0. The van der Waals surface area contributed by atoms with E-state index in [1.165, 1.54) is 0 Å². The second-order valence-electron chi connectivity index (χ2n) is 2.19. The van der Waals surface area contributed by atoms with Gasteiger partial charge in [-0.05, 0) is 20.3 Å². The number of hydrogen-bond donors (Lipinski definition) is 2. The lowest BCUT2D eigenvalue weighted by Crippen LogP contribution is -2.26. The van der Waals surface area contributed by atoms with Gasteiger partial charge in [-0.3, -0.25) is 0 Å². The second-order valence-corrected chi connectivity index (χ2v) is 2.19. The first-order valence-electron chi connectivity index (χ1n) is 2.64. The van der Waals surface area contributed by atoms with Crippen LogP contribution in [0, 0.1) is 0 Å². The summed E-state index contributed by atoms with van der Waals surface area (Å²) < 4.78 is 0. The summed E-state index contributed by atoms with van der Waals surface area (Å²) in [5.41, 5.74) is 10.8. The van der Waals surface area contributed by atoms with Gasteiger partial charge in [-0.25, -0.2) is 0 Å². The van der Waals surface area contributed by atoms with Crippen molar-refractivity contribution in [3.05, 3.63) is 0 Å². The van der Waals surface area contributed by atoms with E-state index in [0.717, 1.165) is 6.42 Å². The van der Waals surface area contributed by atoms with Crippen LogP contribution in [0.3, 0.4) is 0 Å². The number of hydrogen-bond acceptors (Lipinski definition) is 2. The molecule has 0 aliphatic carbocycles. The van der Waals surface area contributed by atoms with E-state index >= 15 is 0 Å². The molecule has 0 spiro atoms. The van der Waals surface area contributed by atoms with Crippen LogP contribution in [-0.4, -0.2) is 12.1 Å². The highest BCUT2D eigenvalue weighted by Crippen LogP contribution is 1.88. The molecule has 4 N–H and O–H groups in total. The zero-order valence-electron chi connectivity index (χ0n) is 5.02. The maximum absolute atomic E-state index is 5.41. The summed E-state index contributed by atoms with van der Waals surface area (Å²) in [6.07, 6.45) is 0.917. The van der Waals surface area contributed by atoms with Gasteiger partial charge in [-0.1, -0.05) is 7.43 Å². The van der Waals surface area contributed by atoms with Crippen LogP contribution >= 0.6 is 0 Å². The van der Waals surface area contributed by atoms with Gasteiger partial charge in [0.25, 0.3) is 0 Å². The molecule has 0 bridgehead atoms. The van der Waals surface area contributed by atoms with E-state index in [4.69, 9.17) is 11.5 Å². The SMILES string of the molecule is C.CC(N)CC(C)N. The second kappa shape index (κ2) is 5.06. The quantitative estimate of drug-likeness (QED) is 0.561. The van der Waals surface area contributed by atoms with Gasteiger partial charge in [0.1, 0.15) is 0 Å². The molecule has 0 rings (SSSR count). The predicted molar refractivity (Wildman–Crippen MR) is 38.6 cm³/mol. The van der Waals surface area contributed by atoms with Crippen LogP contribution in [0.1, 0.15) is 27.7 Å². The molecule has 0 aliphatic rings. The average molecular weight is 118 g/mol. The van der Waals surface area contributed by atoms with Gasteiger partial charge < -0.3 is 11.5 Å². The molecule has 0 aromatic rings. The molecular formula is C6H18N2. The molecule has 0 aliphatic heterocycles. The molecule has 8 heavy (non-hydrogen) atoms. The van der Waals surface area contributed by atoms with Crippen LogP contribution in [0.5, 0.6) is 0 Å². The fourth-order valence-corrected chi connectivity index (χ4v) is 0.586. The molecule has 2 atom stereocenters. The van der Waals surface area contributed by atoms with Crippen LogP contribution in [-0.2, 0) is 0 Å². The zero-order valence-corrected chi connectivity index (χ0v) is 5.02. The first kappa shape index (κ1) is 10.8. The fourth-order valence-electron chi connectivity index (χ4n) is 0.586. The Kier molecular flexibility index (Phi) is 6.85. The minimum Gasteiger partial charge on any atom is -0.328 e. The Labute approximate surface area is 52.2 Å². The molecular weight excluding hydrogens is 100 g/mol. The Balaban J connectivity index is 0. The molecule has 0 amide bonds. The first-order chi connectivity index (χ1) is 3.13. The zero-order chi connectivity index (χ0) is 5.86. The van der Waals surface area contributed by atoms with Crippen molar-refractivity contribution >= 4 is 0 Å². The lowest BCUT2D eigenvalue weighted by atomic mass is 10.1. The van der Waals surface area contributed by atoms with Crippen molar-refractivity contribution in [2.24, 2.45) is 11.5 Å². The van der Waals surface area contributed by atoms with E-state index in [-0.39, 0.29) is 19.5 Å².